The predicted octanol–water partition coefficient (Wildman–Crippen LogP) is 1.99. The van der Waals surface area contributed by atoms with Crippen molar-refractivity contribution in [2.75, 3.05) is 6.61 Å². The topological polar surface area (TPSA) is 49.7 Å². The third-order valence-corrected chi connectivity index (χ3v) is 2.13. The lowest BCUT2D eigenvalue weighted by atomic mass is 10.0. The first-order valence-electron chi connectivity index (χ1n) is 4.03. The van der Waals surface area contributed by atoms with Crippen molar-refractivity contribution in [2.45, 2.75) is 6.92 Å². The molecule has 0 aliphatic carbocycles. The second-order valence-corrected chi connectivity index (χ2v) is 3.05. The molecule has 1 aliphatic rings. The first-order chi connectivity index (χ1) is 6.18. The van der Waals surface area contributed by atoms with Gasteiger partial charge >= 0.3 is 0 Å². The van der Waals surface area contributed by atoms with Gasteiger partial charge in [-0.15, -0.1) is 0 Å². The molecule has 1 heterocycles. The number of rotatable bonds is 0. The molecule has 2 N–H and O–H groups in total. The van der Waals surface area contributed by atoms with E-state index < -0.39 is 0 Å². The summed E-state index contributed by atoms with van der Waals surface area (Å²) in [6.45, 7) is 1.99. The molecule has 0 bridgehead atoms. The van der Waals surface area contributed by atoms with E-state index in [1.165, 1.54) is 0 Å². The Labute approximate surface area is 75.9 Å². The van der Waals surface area contributed by atoms with E-state index in [1.807, 2.05) is 0 Å². The van der Waals surface area contributed by atoms with Crippen molar-refractivity contribution in [3.05, 3.63) is 29.0 Å². The number of hydrogen-bond acceptors (Lipinski definition) is 3. The van der Waals surface area contributed by atoms with Crippen LogP contribution in [-0.2, 0) is 0 Å². The van der Waals surface area contributed by atoms with Crippen molar-refractivity contribution < 1.29 is 14.9 Å². The summed E-state index contributed by atoms with van der Waals surface area (Å²) in [6, 6.07) is 3.28. The molecule has 0 spiro atoms. The first kappa shape index (κ1) is 7.98. The maximum Gasteiger partial charge on any atom is 0.145 e. The van der Waals surface area contributed by atoms with Crippen LogP contribution >= 0.6 is 0 Å². The van der Waals surface area contributed by atoms with Crippen LogP contribution in [-0.4, -0.2) is 16.8 Å². The lowest BCUT2D eigenvalue weighted by Gasteiger charge is -2.16. The van der Waals surface area contributed by atoms with Gasteiger partial charge in [0, 0.05) is 11.1 Å². The van der Waals surface area contributed by atoms with Gasteiger partial charge in [-0.05, 0) is 25.1 Å². The van der Waals surface area contributed by atoms with Gasteiger partial charge in [-0.2, -0.15) is 0 Å². The third kappa shape index (κ3) is 1.22. The second-order valence-electron chi connectivity index (χ2n) is 3.05. The van der Waals surface area contributed by atoms with Crippen LogP contribution in [0.15, 0.2) is 17.9 Å². The van der Waals surface area contributed by atoms with Gasteiger partial charge in [0.05, 0.1) is 0 Å². The molecule has 2 rings (SSSR count). The smallest absolute Gasteiger partial charge is 0.145 e. The summed E-state index contributed by atoms with van der Waals surface area (Å²) < 4.78 is 5.24. The van der Waals surface area contributed by atoms with Crippen LogP contribution in [0.1, 0.15) is 11.1 Å². The van der Waals surface area contributed by atoms with Crippen LogP contribution in [0.2, 0.25) is 0 Å². The molecule has 0 saturated heterocycles. The van der Waals surface area contributed by atoms with Crippen molar-refractivity contribution >= 4 is 6.08 Å². The van der Waals surface area contributed by atoms with E-state index in [0.29, 0.717) is 5.75 Å². The Balaban J connectivity index is 2.63. The summed E-state index contributed by atoms with van der Waals surface area (Å²) in [5, 5.41) is 18.6. The second kappa shape index (κ2) is 2.69. The van der Waals surface area contributed by atoms with Crippen molar-refractivity contribution in [1.29, 1.82) is 0 Å². The first-order valence-corrected chi connectivity index (χ1v) is 4.03. The van der Waals surface area contributed by atoms with Crippen LogP contribution in [0.4, 0.5) is 0 Å². The molecular weight excluding hydrogens is 168 g/mol. The molecule has 1 aromatic rings. The Kier molecular flexibility index (Phi) is 1.65. The molecule has 68 valence electrons. The molecule has 0 fully saturated rings. The molecule has 0 unspecified atom stereocenters. The minimum Gasteiger partial charge on any atom is -0.509 e. The van der Waals surface area contributed by atoms with Crippen molar-refractivity contribution in [1.82, 2.24) is 0 Å². The monoisotopic (exact) mass is 178 g/mol. The Morgan fingerprint density at radius 2 is 2.08 bits per heavy atom. The van der Waals surface area contributed by atoms with Crippen LogP contribution in [0.3, 0.4) is 0 Å². The zero-order valence-electron chi connectivity index (χ0n) is 7.24. The largest absolute Gasteiger partial charge is 0.509 e. The fraction of sp³-hybridized carbons (Fsp3) is 0.200. The zero-order chi connectivity index (χ0) is 9.42. The van der Waals surface area contributed by atoms with E-state index in [-0.39, 0.29) is 18.1 Å². The molecule has 1 aromatic carbocycles. The summed E-state index contributed by atoms with van der Waals surface area (Å²) in [5.74, 6) is 1.10. The van der Waals surface area contributed by atoms with E-state index in [1.54, 1.807) is 25.1 Å². The third-order valence-electron chi connectivity index (χ3n) is 2.13. The molecule has 13 heavy (non-hydrogen) atoms. The lowest BCUT2D eigenvalue weighted by molar-refractivity contribution is 0.266. The summed E-state index contributed by atoms with van der Waals surface area (Å²) in [7, 11) is 0. The van der Waals surface area contributed by atoms with E-state index >= 15 is 0 Å². The highest BCUT2D eigenvalue weighted by molar-refractivity contribution is 5.66. The fourth-order valence-corrected chi connectivity index (χ4v) is 1.36. The molecule has 0 amide bonds. The van der Waals surface area contributed by atoms with Gasteiger partial charge in [0.1, 0.15) is 23.9 Å². The van der Waals surface area contributed by atoms with Crippen molar-refractivity contribution in [3.8, 4) is 11.5 Å². The number of ether oxygens (including phenoxy) is 1. The Morgan fingerprint density at radius 3 is 2.85 bits per heavy atom. The van der Waals surface area contributed by atoms with Crippen LogP contribution in [0.25, 0.3) is 6.08 Å². The zero-order valence-corrected chi connectivity index (χ0v) is 7.24. The minimum absolute atomic E-state index is 0.182. The summed E-state index contributed by atoms with van der Waals surface area (Å²) in [4.78, 5) is 0. The quantitative estimate of drug-likeness (QED) is 0.638. The highest BCUT2D eigenvalue weighted by Crippen LogP contribution is 2.33. The number of hydrogen-bond donors (Lipinski definition) is 2. The average molecular weight is 178 g/mol. The van der Waals surface area contributed by atoms with Crippen LogP contribution in [0, 0.1) is 6.92 Å². The number of aliphatic hydroxyl groups is 1. The van der Waals surface area contributed by atoms with Crippen LogP contribution < -0.4 is 4.74 Å². The van der Waals surface area contributed by atoms with E-state index in [2.05, 4.69) is 0 Å². The van der Waals surface area contributed by atoms with Gasteiger partial charge in [0.25, 0.3) is 0 Å². The van der Waals surface area contributed by atoms with Gasteiger partial charge in [-0.3, -0.25) is 0 Å². The number of phenols is 1. The molecule has 0 saturated carbocycles. The SMILES string of the molecule is Cc1c(O)ccc2c1C=C(O)CO2. The number of benzene rings is 1. The average Bonchev–Trinajstić information content (AvgIpc) is 2.12. The summed E-state index contributed by atoms with van der Waals surface area (Å²) in [5.41, 5.74) is 1.48. The summed E-state index contributed by atoms with van der Waals surface area (Å²) >= 11 is 0. The van der Waals surface area contributed by atoms with E-state index in [0.717, 1.165) is 11.1 Å². The van der Waals surface area contributed by atoms with E-state index in [4.69, 9.17) is 4.74 Å². The highest BCUT2D eigenvalue weighted by Gasteiger charge is 2.14. The van der Waals surface area contributed by atoms with Gasteiger partial charge in [0.2, 0.25) is 0 Å². The maximum absolute atomic E-state index is 9.40. The van der Waals surface area contributed by atoms with Gasteiger partial charge in [-0.1, -0.05) is 0 Å². The van der Waals surface area contributed by atoms with Gasteiger partial charge in [0.15, 0.2) is 0 Å². The highest BCUT2D eigenvalue weighted by atomic mass is 16.5. The number of phenolic OH excluding ortho intramolecular Hbond substituents is 1. The van der Waals surface area contributed by atoms with Crippen molar-refractivity contribution in [2.24, 2.45) is 0 Å². The van der Waals surface area contributed by atoms with Crippen LogP contribution in [0.5, 0.6) is 11.5 Å². The fourth-order valence-electron chi connectivity index (χ4n) is 1.36. The molecule has 3 nitrogen and oxygen atoms in total. The molecular formula is C10H10O3. The van der Waals surface area contributed by atoms with Gasteiger partial charge in [-0.25, -0.2) is 0 Å². The standard InChI is InChI=1S/C10H10O3/c1-6-8-4-7(11)5-13-10(8)3-2-9(6)12/h2-4,11-12H,5H2,1H3. The Hall–Kier alpha value is -1.64. The van der Waals surface area contributed by atoms with Crippen molar-refractivity contribution in [3.63, 3.8) is 0 Å². The molecule has 3 heteroatoms. The number of fused-ring (bicyclic) bond motifs is 1. The molecule has 0 radical (unpaired) electrons. The molecule has 0 aromatic heterocycles. The Morgan fingerprint density at radius 1 is 1.31 bits per heavy atom. The normalized spacial score (nSPS) is 14.4. The summed E-state index contributed by atoms with van der Waals surface area (Å²) in [6.07, 6.45) is 1.62. The Bertz CT molecular complexity index is 380. The number of aromatic hydroxyl groups is 1. The maximum atomic E-state index is 9.40. The number of aliphatic hydroxyl groups excluding tert-OH is 1. The van der Waals surface area contributed by atoms with Gasteiger partial charge < -0.3 is 14.9 Å². The van der Waals surface area contributed by atoms with E-state index in [9.17, 15) is 10.2 Å². The predicted molar refractivity (Wildman–Crippen MR) is 48.9 cm³/mol. The lowest BCUT2D eigenvalue weighted by Crippen LogP contribution is -2.07. The molecule has 1 aliphatic heterocycles. The minimum atomic E-state index is 0.182. The molecule has 0 atom stereocenters.